The highest BCUT2D eigenvalue weighted by molar-refractivity contribution is 6.25. The number of carbonyl (C=O) groups is 3. The molecule has 3 atom stereocenters. The molecule has 0 aliphatic carbocycles. The molecule has 0 bridgehead atoms. The van der Waals surface area contributed by atoms with Gasteiger partial charge in [-0.2, -0.15) is 0 Å². The summed E-state index contributed by atoms with van der Waals surface area (Å²) in [7, 11) is 0. The average Bonchev–Trinajstić information content (AvgIpc) is 3.40. The van der Waals surface area contributed by atoms with Gasteiger partial charge in [-0.25, -0.2) is 14.8 Å². The number of nitro benzene ring substituents is 1. The van der Waals surface area contributed by atoms with Gasteiger partial charge in [0.15, 0.2) is 6.10 Å². The van der Waals surface area contributed by atoms with Crippen LogP contribution in [0.4, 0.5) is 17.1 Å². The Labute approximate surface area is 205 Å². The van der Waals surface area contributed by atoms with E-state index in [1.165, 1.54) is 35.4 Å². The average molecular weight is 487 g/mol. The van der Waals surface area contributed by atoms with E-state index in [2.05, 4.69) is 0 Å². The molecule has 10 nitrogen and oxygen atoms in total. The number of nitro groups is 1. The first-order chi connectivity index (χ1) is 17.4. The number of hydroxylamine groups is 1. The number of benzene rings is 3. The predicted octanol–water partition coefficient (Wildman–Crippen LogP) is 3.82. The molecular weight excluding hydrogens is 466 g/mol. The van der Waals surface area contributed by atoms with Crippen LogP contribution in [0.25, 0.3) is 0 Å². The lowest BCUT2D eigenvalue weighted by Crippen LogP contribution is -2.38. The molecule has 0 spiro atoms. The van der Waals surface area contributed by atoms with Gasteiger partial charge < -0.3 is 4.74 Å². The molecule has 3 unspecified atom stereocenters. The molecule has 2 saturated heterocycles. The molecule has 5 rings (SSSR count). The minimum Gasteiger partial charge on any atom is -0.462 e. The summed E-state index contributed by atoms with van der Waals surface area (Å²) >= 11 is 0. The minimum absolute atomic E-state index is 0.0767. The zero-order valence-electron chi connectivity index (χ0n) is 19.1. The van der Waals surface area contributed by atoms with Crippen LogP contribution in [0.5, 0.6) is 0 Å². The number of para-hydroxylation sites is 2. The first-order valence-electron chi connectivity index (χ1n) is 11.3. The van der Waals surface area contributed by atoms with Crippen LogP contribution in [0.3, 0.4) is 0 Å². The maximum atomic E-state index is 13.8. The van der Waals surface area contributed by atoms with Crippen LogP contribution in [0.15, 0.2) is 78.9 Å². The molecule has 2 aliphatic heterocycles. The molecule has 2 amide bonds. The second kappa shape index (κ2) is 9.23. The zero-order valence-corrected chi connectivity index (χ0v) is 19.1. The molecule has 2 aliphatic rings. The lowest BCUT2D eigenvalue weighted by atomic mass is 9.90. The van der Waals surface area contributed by atoms with Crippen LogP contribution in [-0.2, 0) is 19.2 Å². The topological polar surface area (TPSA) is 119 Å². The van der Waals surface area contributed by atoms with Crippen molar-refractivity contribution in [3.63, 3.8) is 0 Å². The van der Waals surface area contributed by atoms with Crippen LogP contribution in [0.2, 0.25) is 0 Å². The van der Waals surface area contributed by atoms with E-state index >= 15 is 0 Å². The second-order valence-electron chi connectivity index (χ2n) is 8.26. The van der Waals surface area contributed by atoms with E-state index in [0.717, 1.165) is 4.90 Å². The number of hydrogen-bond acceptors (Lipinski definition) is 8. The maximum Gasteiger partial charge on any atom is 0.340 e. The van der Waals surface area contributed by atoms with E-state index in [-0.39, 0.29) is 23.5 Å². The van der Waals surface area contributed by atoms with Crippen molar-refractivity contribution in [1.29, 1.82) is 0 Å². The number of amides is 2. The normalized spacial score (nSPS) is 21.0. The van der Waals surface area contributed by atoms with Crippen molar-refractivity contribution in [1.82, 2.24) is 0 Å². The Morgan fingerprint density at radius 1 is 1.00 bits per heavy atom. The van der Waals surface area contributed by atoms with Crippen LogP contribution in [0.1, 0.15) is 28.9 Å². The highest BCUT2D eigenvalue weighted by Gasteiger charge is 2.60. The third-order valence-corrected chi connectivity index (χ3v) is 6.19. The number of carbonyl (C=O) groups excluding carboxylic acids is 3. The van der Waals surface area contributed by atoms with E-state index < -0.39 is 40.8 Å². The van der Waals surface area contributed by atoms with Gasteiger partial charge in [-0.05, 0) is 36.8 Å². The van der Waals surface area contributed by atoms with Gasteiger partial charge in [0.05, 0.1) is 34.5 Å². The van der Waals surface area contributed by atoms with Crippen LogP contribution in [0, 0.1) is 16.0 Å². The second-order valence-corrected chi connectivity index (χ2v) is 8.26. The van der Waals surface area contributed by atoms with Crippen molar-refractivity contribution in [2.75, 3.05) is 16.6 Å². The van der Waals surface area contributed by atoms with Crippen LogP contribution < -0.4 is 9.96 Å². The van der Waals surface area contributed by atoms with E-state index in [0.29, 0.717) is 11.3 Å². The summed E-state index contributed by atoms with van der Waals surface area (Å²) < 4.78 is 5.10. The third kappa shape index (κ3) is 3.77. The first kappa shape index (κ1) is 23.2. The molecular formula is C26H21N3O7. The van der Waals surface area contributed by atoms with Gasteiger partial charge in [0.25, 0.3) is 11.6 Å². The SMILES string of the molecule is CCOC(=O)c1ccccc1N1C(=O)C2ON(c3ccccc3)C(c3cccc([N+](=O)[O-])c3)C2C1=O. The number of ether oxygens (including phenoxy) is 1. The molecule has 0 saturated carbocycles. The fourth-order valence-corrected chi connectivity index (χ4v) is 4.66. The van der Waals surface area contributed by atoms with E-state index in [4.69, 9.17) is 9.57 Å². The molecule has 182 valence electrons. The van der Waals surface area contributed by atoms with Gasteiger partial charge in [0.2, 0.25) is 5.91 Å². The van der Waals surface area contributed by atoms with Gasteiger partial charge in [0, 0.05) is 12.1 Å². The Bertz CT molecular complexity index is 1360. The maximum absolute atomic E-state index is 13.8. The van der Waals surface area contributed by atoms with Gasteiger partial charge in [0.1, 0.15) is 5.92 Å². The van der Waals surface area contributed by atoms with E-state index in [9.17, 15) is 24.5 Å². The lowest BCUT2D eigenvalue weighted by molar-refractivity contribution is -0.384. The molecule has 0 radical (unpaired) electrons. The Morgan fingerprint density at radius 2 is 1.72 bits per heavy atom. The molecule has 0 N–H and O–H groups in total. The molecule has 2 heterocycles. The standard InChI is InChI=1S/C26H21N3O7/c1-2-35-26(32)19-13-6-7-14-20(19)27-24(30)21-22(16-9-8-12-18(15-16)29(33)34)28(36-23(21)25(27)31)17-10-4-3-5-11-17/h3-15,21-23H,2H2,1H3. The highest BCUT2D eigenvalue weighted by Crippen LogP contribution is 2.48. The number of nitrogens with zero attached hydrogens (tertiary/aromatic N) is 3. The molecule has 3 aromatic carbocycles. The van der Waals surface area contributed by atoms with Crippen molar-refractivity contribution >= 4 is 34.8 Å². The number of fused-ring (bicyclic) bond motifs is 1. The van der Waals surface area contributed by atoms with Gasteiger partial charge in [-0.1, -0.05) is 42.5 Å². The van der Waals surface area contributed by atoms with Crippen LogP contribution in [-0.4, -0.2) is 35.4 Å². The number of anilines is 2. The largest absolute Gasteiger partial charge is 0.462 e. The summed E-state index contributed by atoms with van der Waals surface area (Å²) in [6, 6.07) is 20.2. The molecule has 0 aromatic heterocycles. The molecule has 10 heteroatoms. The summed E-state index contributed by atoms with van der Waals surface area (Å²) in [4.78, 5) is 57.8. The van der Waals surface area contributed by atoms with Gasteiger partial charge >= 0.3 is 5.97 Å². The number of esters is 1. The van der Waals surface area contributed by atoms with Crippen molar-refractivity contribution in [2.45, 2.75) is 19.1 Å². The number of rotatable bonds is 6. The van der Waals surface area contributed by atoms with E-state index in [1.54, 1.807) is 49.4 Å². The highest BCUT2D eigenvalue weighted by atomic mass is 16.7. The van der Waals surface area contributed by atoms with Gasteiger partial charge in [-0.3, -0.25) is 24.5 Å². The quantitative estimate of drug-likeness (QED) is 0.223. The molecule has 2 fully saturated rings. The first-order valence-corrected chi connectivity index (χ1v) is 11.3. The van der Waals surface area contributed by atoms with Crippen molar-refractivity contribution in [3.05, 3.63) is 100 Å². The summed E-state index contributed by atoms with van der Waals surface area (Å²) in [5.41, 5.74) is 1.07. The van der Waals surface area contributed by atoms with E-state index in [1.807, 2.05) is 6.07 Å². The van der Waals surface area contributed by atoms with Crippen molar-refractivity contribution < 1.29 is 28.9 Å². The lowest BCUT2D eigenvalue weighted by Gasteiger charge is -2.29. The molecule has 3 aromatic rings. The monoisotopic (exact) mass is 487 g/mol. The summed E-state index contributed by atoms with van der Waals surface area (Å²) in [5.74, 6) is -2.87. The fraction of sp³-hybridized carbons (Fsp3) is 0.192. The smallest absolute Gasteiger partial charge is 0.340 e. The fourth-order valence-electron chi connectivity index (χ4n) is 4.66. The Hall–Kier alpha value is -4.57. The Balaban J connectivity index is 1.60. The van der Waals surface area contributed by atoms with Crippen molar-refractivity contribution in [2.24, 2.45) is 5.92 Å². The van der Waals surface area contributed by atoms with Crippen molar-refractivity contribution in [3.8, 4) is 0 Å². The summed E-state index contributed by atoms with van der Waals surface area (Å²) in [6.45, 7) is 1.79. The molecule has 36 heavy (non-hydrogen) atoms. The third-order valence-electron chi connectivity index (χ3n) is 6.19. The Morgan fingerprint density at radius 3 is 2.44 bits per heavy atom. The van der Waals surface area contributed by atoms with Gasteiger partial charge in [-0.15, -0.1) is 0 Å². The number of hydrogen-bond donors (Lipinski definition) is 0. The Kier molecular flexibility index (Phi) is 5.95. The number of non-ortho nitro benzene ring substituents is 1. The number of imide groups is 1. The zero-order chi connectivity index (χ0) is 25.4. The minimum atomic E-state index is -1.18. The predicted molar refractivity (Wildman–Crippen MR) is 128 cm³/mol. The summed E-state index contributed by atoms with van der Waals surface area (Å²) in [6.07, 6.45) is -1.18. The van der Waals surface area contributed by atoms with Crippen LogP contribution >= 0.6 is 0 Å². The summed E-state index contributed by atoms with van der Waals surface area (Å²) in [5, 5.41) is 12.9.